The molecule has 0 aromatic heterocycles. The third-order valence-electron chi connectivity index (χ3n) is 7.07. The molecular weight excluding hydrogens is 384 g/mol. The van der Waals surface area contributed by atoms with Gasteiger partial charge in [0.1, 0.15) is 0 Å². The molecule has 0 saturated carbocycles. The van der Waals surface area contributed by atoms with Crippen molar-refractivity contribution in [2.45, 2.75) is 32.2 Å². The third kappa shape index (κ3) is 4.78. The van der Waals surface area contributed by atoms with Crippen LogP contribution in [0.25, 0.3) is 0 Å². The minimum atomic E-state index is 0.258. The molecule has 3 aliphatic heterocycles. The summed E-state index contributed by atoms with van der Waals surface area (Å²) in [6, 6.07) is 17.4. The fourth-order valence-corrected chi connectivity index (χ4v) is 5.22. The maximum atomic E-state index is 12.7. The summed E-state index contributed by atoms with van der Waals surface area (Å²) in [7, 11) is 0. The van der Waals surface area contributed by atoms with Gasteiger partial charge in [-0.15, -0.1) is 0 Å². The molecule has 2 saturated heterocycles. The summed E-state index contributed by atoms with van der Waals surface area (Å²) in [6.07, 6.45) is 4.46. The predicted molar refractivity (Wildman–Crippen MR) is 127 cm³/mol. The van der Waals surface area contributed by atoms with Crippen LogP contribution in [0.15, 0.2) is 48.5 Å². The molecule has 0 atom stereocenters. The first-order valence-electron chi connectivity index (χ1n) is 11.9. The van der Waals surface area contributed by atoms with Crippen LogP contribution < -0.4 is 9.80 Å². The van der Waals surface area contributed by atoms with E-state index in [4.69, 9.17) is 0 Å². The predicted octanol–water partition coefficient (Wildman–Crippen LogP) is 3.38. The molecule has 3 heterocycles. The average molecular weight is 419 g/mol. The van der Waals surface area contributed by atoms with Crippen molar-refractivity contribution in [2.24, 2.45) is 0 Å². The first kappa shape index (κ1) is 20.5. The van der Waals surface area contributed by atoms with Crippen LogP contribution in [0.1, 0.15) is 30.4 Å². The van der Waals surface area contributed by atoms with Crippen LogP contribution in [0.5, 0.6) is 0 Å². The van der Waals surface area contributed by atoms with Gasteiger partial charge in [-0.2, -0.15) is 0 Å². The quantitative estimate of drug-likeness (QED) is 0.719. The van der Waals surface area contributed by atoms with Gasteiger partial charge in [-0.05, 0) is 48.6 Å². The number of hydrogen-bond donors (Lipinski definition) is 0. The highest BCUT2D eigenvalue weighted by molar-refractivity contribution is 6.01. The number of carbonyl (C=O) groups is 1. The normalized spacial score (nSPS) is 20.3. The molecule has 3 aliphatic rings. The molecule has 5 nitrogen and oxygen atoms in total. The Morgan fingerprint density at radius 2 is 1.48 bits per heavy atom. The highest BCUT2D eigenvalue weighted by Gasteiger charge is 2.28. The minimum absolute atomic E-state index is 0.258. The number of fused-ring (bicyclic) bond motifs is 1. The molecule has 0 radical (unpaired) electrons. The number of anilines is 2. The zero-order valence-electron chi connectivity index (χ0n) is 18.5. The number of benzene rings is 2. The Morgan fingerprint density at radius 3 is 2.26 bits per heavy atom. The Labute approximate surface area is 186 Å². The maximum Gasteiger partial charge on any atom is 0.231 e. The lowest BCUT2D eigenvalue weighted by molar-refractivity contribution is -0.117. The Bertz CT molecular complexity index is 886. The summed E-state index contributed by atoms with van der Waals surface area (Å²) in [6.45, 7) is 9.43. The Balaban J connectivity index is 1.13. The van der Waals surface area contributed by atoms with E-state index in [2.05, 4.69) is 63.2 Å². The molecule has 2 fully saturated rings. The molecule has 1 amide bonds. The first-order valence-corrected chi connectivity index (χ1v) is 11.9. The Kier molecular flexibility index (Phi) is 6.23. The molecule has 0 aliphatic carbocycles. The van der Waals surface area contributed by atoms with E-state index in [-0.39, 0.29) is 5.91 Å². The van der Waals surface area contributed by atoms with Crippen molar-refractivity contribution < 1.29 is 4.79 Å². The Hall–Kier alpha value is -2.37. The van der Waals surface area contributed by atoms with Gasteiger partial charge < -0.3 is 9.80 Å². The van der Waals surface area contributed by atoms with Gasteiger partial charge in [-0.3, -0.25) is 14.6 Å². The van der Waals surface area contributed by atoms with Gasteiger partial charge in [0.15, 0.2) is 0 Å². The summed E-state index contributed by atoms with van der Waals surface area (Å²) in [5.74, 6) is 0.258. The highest BCUT2D eigenvalue weighted by atomic mass is 16.2. The summed E-state index contributed by atoms with van der Waals surface area (Å²) in [4.78, 5) is 22.3. The molecule has 5 heteroatoms. The molecule has 31 heavy (non-hydrogen) atoms. The van der Waals surface area contributed by atoms with E-state index in [0.29, 0.717) is 6.42 Å². The molecule has 0 bridgehead atoms. The highest BCUT2D eigenvalue weighted by Crippen LogP contribution is 2.33. The summed E-state index contributed by atoms with van der Waals surface area (Å²) >= 11 is 0. The van der Waals surface area contributed by atoms with E-state index in [9.17, 15) is 4.79 Å². The molecule has 0 N–H and O–H groups in total. The van der Waals surface area contributed by atoms with E-state index in [1.54, 1.807) is 0 Å². The number of hydrogen-bond acceptors (Lipinski definition) is 4. The van der Waals surface area contributed by atoms with Crippen LogP contribution in [0.2, 0.25) is 0 Å². The van der Waals surface area contributed by atoms with Crippen molar-refractivity contribution >= 4 is 17.3 Å². The van der Waals surface area contributed by atoms with Crippen LogP contribution in [0, 0.1) is 0 Å². The number of amides is 1. The van der Waals surface area contributed by atoms with Crippen LogP contribution in [0.4, 0.5) is 11.4 Å². The van der Waals surface area contributed by atoms with Crippen LogP contribution >= 0.6 is 0 Å². The van der Waals surface area contributed by atoms with Crippen LogP contribution in [-0.4, -0.2) is 68.1 Å². The summed E-state index contributed by atoms with van der Waals surface area (Å²) in [5, 5.41) is 0. The lowest BCUT2D eigenvalue weighted by Gasteiger charge is -2.35. The monoisotopic (exact) mass is 418 g/mol. The molecule has 164 valence electrons. The summed E-state index contributed by atoms with van der Waals surface area (Å²) in [5.41, 5.74) is 5.02. The molecular formula is C26H34N4O. The third-order valence-corrected chi connectivity index (χ3v) is 7.07. The van der Waals surface area contributed by atoms with Crippen LogP contribution in [0.3, 0.4) is 0 Å². The van der Waals surface area contributed by atoms with Gasteiger partial charge in [0.05, 0.1) is 6.42 Å². The maximum absolute atomic E-state index is 12.7. The number of carbonyl (C=O) groups excluding carboxylic acids is 1. The lowest BCUT2D eigenvalue weighted by Crippen LogP contribution is -2.48. The second-order valence-corrected chi connectivity index (χ2v) is 9.19. The van der Waals surface area contributed by atoms with Gasteiger partial charge in [0, 0.05) is 70.3 Å². The number of nitrogens with zero attached hydrogens (tertiary/aromatic N) is 4. The average Bonchev–Trinajstić information content (AvgIpc) is 3.14. The van der Waals surface area contributed by atoms with E-state index in [0.717, 1.165) is 64.6 Å². The lowest BCUT2D eigenvalue weighted by atomic mass is 10.1. The molecule has 0 spiro atoms. The van der Waals surface area contributed by atoms with Gasteiger partial charge >= 0.3 is 0 Å². The zero-order chi connectivity index (χ0) is 21.0. The largest absolute Gasteiger partial charge is 0.372 e. The van der Waals surface area contributed by atoms with Crippen molar-refractivity contribution in [3.63, 3.8) is 0 Å². The number of rotatable bonds is 6. The SMILES string of the molecule is O=C1Cc2cc(N3CCCCC3)ccc2N1CCN1CCN(Cc2ccccc2)CC1. The number of piperazine rings is 1. The van der Waals surface area contributed by atoms with Gasteiger partial charge in [-0.25, -0.2) is 0 Å². The second kappa shape index (κ2) is 9.41. The molecule has 5 rings (SSSR count). The van der Waals surface area contributed by atoms with Crippen molar-refractivity contribution in [1.29, 1.82) is 0 Å². The van der Waals surface area contributed by atoms with Gasteiger partial charge in [0.2, 0.25) is 5.91 Å². The second-order valence-electron chi connectivity index (χ2n) is 9.19. The summed E-state index contributed by atoms with van der Waals surface area (Å²) < 4.78 is 0. The number of piperidine rings is 1. The fourth-order valence-electron chi connectivity index (χ4n) is 5.22. The van der Waals surface area contributed by atoms with Crippen molar-refractivity contribution in [3.05, 3.63) is 59.7 Å². The molecule has 2 aromatic carbocycles. The smallest absolute Gasteiger partial charge is 0.231 e. The fraction of sp³-hybridized carbons (Fsp3) is 0.500. The standard InChI is InChI=1S/C26H34N4O/c31-26-20-23-19-24(29-11-5-2-6-12-29)9-10-25(23)30(26)18-17-27-13-15-28(16-14-27)21-22-7-3-1-4-8-22/h1,3-4,7-10,19H,2,5-6,11-18,20-21H2. The van der Waals surface area contributed by atoms with E-state index >= 15 is 0 Å². The van der Waals surface area contributed by atoms with E-state index in [1.807, 2.05) is 4.90 Å². The molecule has 2 aromatic rings. The molecule has 0 unspecified atom stereocenters. The van der Waals surface area contributed by atoms with Gasteiger partial charge in [0.25, 0.3) is 0 Å². The van der Waals surface area contributed by atoms with Crippen molar-refractivity contribution in [1.82, 2.24) is 9.80 Å². The zero-order valence-corrected chi connectivity index (χ0v) is 18.5. The van der Waals surface area contributed by atoms with Crippen molar-refractivity contribution in [3.8, 4) is 0 Å². The Morgan fingerprint density at radius 1 is 0.742 bits per heavy atom. The topological polar surface area (TPSA) is 30.0 Å². The first-order chi connectivity index (χ1) is 15.3. The van der Waals surface area contributed by atoms with Crippen molar-refractivity contribution in [2.75, 3.05) is 62.2 Å². The minimum Gasteiger partial charge on any atom is -0.372 e. The van der Waals surface area contributed by atoms with Gasteiger partial charge in [-0.1, -0.05) is 30.3 Å². The van der Waals surface area contributed by atoms with Crippen LogP contribution in [-0.2, 0) is 17.8 Å². The van der Waals surface area contributed by atoms with E-state index in [1.165, 1.54) is 36.1 Å². The van der Waals surface area contributed by atoms with E-state index < -0.39 is 0 Å².